The number of nitrogens with zero attached hydrogens (tertiary/aromatic N) is 4. The molecule has 8 heterocycles. The average molecular weight is 1040 g/mol. The van der Waals surface area contributed by atoms with Crippen LogP contribution in [0.2, 0.25) is 0 Å². The molecule has 4 aromatic heterocycles. The molecule has 2 atom stereocenters. The lowest BCUT2D eigenvalue weighted by Gasteiger charge is -2.35. The molecular formula is C56H58N8O12. The number of fused-ring (bicyclic) bond motifs is 10. The van der Waals surface area contributed by atoms with Gasteiger partial charge in [-0.15, -0.1) is 0 Å². The van der Waals surface area contributed by atoms with Gasteiger partial charge in [0.1, 0.15) is 13.2 Å². The van der Waals surface area contributed by atoms with Crippen LogP contribution in [0, 0.1) is 0 Å². The van der Waals surface area contributed by atoms with Crippen molar-refractivity contribution in [1.82, 2.24) is 40.4 Å². The minimum atomic E-state index is -1.86. The topological polar surface area (TPSA) is 257 Å². The maximum atomic E-state index is 13.8. The van der Waals surface area contributed by atoms with Crippen molar-refractivity contribution < 1.29 is 47.7 Å². The molecule has 4 amide bonds. The summed E-state index contributed by atoms with van der Waals surface area (Å²) in [4.78, 5) is 115. The van der Waals surface area contributed by atoms with Crippen LogP contribution in [0.15, 0.2) is 82.4 Å². The molecule has 4 N–H and O–H groups in total. The van der Waals surface area contributed by atoms with Gasteiger partial charge in [-0.3, -0.25) is 19.2 Å². The number of para-hydroxylation sites is 2. The highest BCUT2D eigenvalue weighted by molar-refractivity contribution is 5.90. The summed E-state index contributed by atoms with van der Waals surface area (Å²) in [6.07, 6.45) is 3.55. The van der Waals surface area contributed by atoms with Crippen molar-refractivity contribution in [2.75, 3.05) is 26.2 Å². The molecule has 4 aliphatic rings. The number of pyridine rings is 4. The third-order valence-electron chi connectivity index (χ3n) is 14.8. The number of ether oxygens (including phenoxy) is 4. The number of hydrogen-bond donors (Lipinski definition) is 4. The Morgan fingerprint density at radius 3 is 1.37 bits per heavy atom. The van der Waals surface area contributed by atoms with E-state index in [1.165, 1.54) is 0 Å². The number of unbranched alkanes of at least 4 members (excludes halogenated alkanes) is 5. The molecule has 2 aromatic carbocycles. The van der Waals surface area contributed by atoms with Crippen LogP contribution in [0.4, 0.5) is 9.59 Å². The fourth-order valence-corrected chi connectivity index (χ4v) is 10.7. The molecule has 0 radical (unpaired) electrons. The van der Waals surface area contributed by atoms with Crippen LogP contribution in [-0.4, -0.2) is 81.2 Å². The van der Waals surface area contributed by atoms with E-state index in [9.17, 15) is 38.4 Å². The summed E-state index contributed by atoms with van der Waals surface area (Å²) >= 11 is 0. The van der Waals surface area contributed by atoms with Crippen molar-refractivity contribution in [2.24, 2.45) is 0 Å². The number of hydrogen-bond acceptors (Lipinski definition) is 14. The lowest BCUT2D eigenvalue weighted by Crippen LogP contribution is -2.49. The quantitative estimate of drug-likeness (QED) is 0.0412. The Bertz CT molecular complexity index is 3250. The lowest BCUT2D eigenvalue weighted by atomic mass is 9.85. The van der Waals surface area contributed by atoms with Gasteiger partial charge in [0, 0.05) is 72.0 Å². The number of carbonyl (C=O) groups is 6. The highest BCUT2D eigenvalue weighted by Gasteiger charge is 2.52. The Labute approximate surface area is 435 Å². The van der Waals surface area contributed by atoms with Crippen LogP contribution in [-0.2, 0) is 75.6 Å². The van der Waals surface area contributed by atoms with E-state index in [1.807, 2.05) is 60.7 Å². The minimum absolute atomic E-state index is 0.0151. The van der Waals surface area contributed by atoms with Crippen molar-refractivity contribution in [3.8, 4) is 22.8 Å². The molecule has 20 heteroatoms. The van der Waals surface area contributed by atoms with Crippen LogP contribution in [0.5, 0.6) is 0 Å². The Kier molecular flexibility index (Phi) is 14.4. The molecule has 0 fully saturated rings. The number of benzene rings is 2. The monoisotopic (exact) mass is 1030 g/mol. The molecule has 0 saturated carbocycles. The Balaban J connectivity index is 0.601. The van der Waals surface area contributed by atoms with Gasteiger partial charge in [0.2, 0.25) is 23.0 Å². The molecule has 6 aromatic rings. The van der Waals surface area contributed by atoms with Gasteiger partial charge in [-0.1, -0.05) is 75.9 Å². The van der Waals surface area contributed by atoms with Crippen LogP contribution >= 0.6 is 0 Å². The number of alkyl carbamates (subject to hydrolysis) is 2. The van der Waals surface area contributed by atoms with E-state index < -0.39 is 35.3 Å². The molecular weight excluding hydrogens is 977 g/mol. The highest BCUT2D eigenvalue weighted by Crippen LogP contribution is 2.43. The molecule has 394 valence electrons. The zero-order valence-electron chi connectivity index (χ0n) is 42.3. The van der Waals surface area contributed by atoms with E-state index in [2.05, 4.69) is 21.3 Å². The van der Waals surface area contributed by atoms with Crippen LogP contribution in [0.25, 0.3) is 44.6 Å². The molecule has 76 heavy (non-hydrogen) atoms. The second-order valence-corrected chi connectivity index (χ2v) is 19.5. The number of esters is 2. The zero-order valence-corrected chi connectivity index (χ0v) is 42.3. The molecule has 0 saturated heterocycles. The molecule has 0 aliphatic carbocycles. The molecule has 0 bridgehead atoms. The van der Waals surface area contributed by atoms with Crippen LogP contribution < -0.4 is 32.4 Å². The maximum absolute atomic E-state index is 13.8. The Morgan fingerprint density at radius 1 is 0.553 bits per heavy atom. The predicted molar refractivity (Wildman–Crippen MR) is 277 cm³/mol. The summed E-state index contributed by atoms with van der Waals surface area (Å²) in [7, 11) is 0. The van der Waals surface area contributed by atoms with E-state index in [4.69, 9.17) is 28.9 Å². The summed E-state index contributed by atoms with van der Waals surface area (Å²) in [6.45, 7) is 3.81. The van der Waals surface area contributed by atoms with E-state index in [0.29, 0.717) is 61.5 Å². The smallest absolute Gasteiger partial charge is 0.408 e. The first kappa shape index (κ1) is 51.1. The van der Waals surface area contributed by atoms with Crippen molar-refractivity contribution in [3.63, 3.8) is 0 Å². The SMILES string of the molecule is CC[C@@]1(OC(=O)NCCNC(=O)CCCCCCCCC(=O)NCCNC(=O)O[C@]2(CC)C(=O)OCc3c2cc2n(c3=O)Cc3cc4ccccc4nc3-2)C(=O)OCc2c1cc1n(c2=O)Cc2cc3ccccc3nc2-1. The number of amides is 4. The van der Waals surface area contributed by atoms with Gasteiger partial charge in [-0.05, 0) is 62.1 Å². The second-order valence-electron chi connectivity index (χ2n) is 19.5. The predicted octanol–water partition coefficient (Wildman–Crippen LogP) is 5.99. The number of carbonyl (C=O) groups excluding carboxylic acids is 6. The van der Waals surface area contributed by atoms with Gasteiger partial charge >= 0.3 is 24.1 Å². The van der Waals surface area contributed by atoms with Gasteiger partial charge in [0.25, 0.3) is 11.1 Å². The van der Waals surface area contributed by atoms with E-state index >= 15 is 0 Å². The summed E-state index contributed by atoms with van der Waals surface area (Å²) in [5.74, 6) is -1.90. The largest absolute Gasteiger partial charge is 0.457 e. The minimum Gasteiger partial charge on any atom is -0.457 e. The Morgan fingerprint density at radius 2 is 0.947 bits per heavy atom. The summed E-state index contributed by atoms with van der Waals surface area (Å²) in [5, 5.41) is 12.7. The van der Waals surface area contributed by atoms with Gasteiger partial charge < -0.3 is 49.3 Å². The third kappa shape index (κ3) is 9.62. The summed E-state index contributed by atoms with van der Waals surface area (Å²) in [5.41, 5.74) is 2.21. The summed E-state index contributed by atoms with van der Waals surface area (Å²) < 4.78 is 25.7. The molecule has 0 spiro atoms. The first-order chi connectivity index (χ1) is 36.8. The first-order valence-electron chi connectivity index (χ1n) is 26.0. The van der Waals surface area contributed by atoms with Crippen molar-refractivity contribution in [1.29, 1.82) is 0 Å². The molecule has 10 rings (SSSR count). The molecule has 0 unspecified atom stereocenters. The standard InChI is InChI=1S/C56H58N8O12/c1-3-55(39-27-43-47-35(25-33-15-11-13-17-41(33)61-47)29-63(43)49(67)37(39)31-73-51(55)69)75-53(71)59-23-21-57-45(65)19-9-7-5-6-8-10-20-46(66)58-22-24-60-54(72)76-56(4-2)40-28-44-48-36(26-34-16-12-14-18-42(34)62-48)30-64(44)50(68)38(40)32-74-52(56)70/h11-18,25-28H,3-10,19-24,29-32H2,1-2H3,(H,57,65)(H,58,66)(H,59,71)(H,60,72)/t55-,56-/m0/s1. The van der Waals surface area contributed by atoms with Gasteiger partial charge in [0.15, 0.2) is 0 Å². The number of aromatic nitrogens is 4. The fraction of sp³-hybridized carbons (Fsp3) is 0.393. The lowest BCUT2D eigenvalue weighted by molar-refractivity contribution is -0.173. The maximum Gasteiger partial charge on any atom is 0.408 e. The van der Waals surface area contributed by atoms with Crippen molar-refractivity contribution in [2.45, 2.75) is 116 Å². The Hall–Kier alpha value is -8.42. The summed E-state index contributed by atoms with van der Waals surface area (Å²) in [6, 6.07) is 22.7. The normalized spacial score (nSPS) is 17.5. The van der Waals surface area contributed by atoms with E-state index in [0.717, 1.165) is 58.6 Å². The molecule has 4 aliphatic heterocycles. The van der Waals surface area contributed by atoms with Gasteiger partial charge in [-0.2, -0.15) is 0 Å². The van der Waals surface area contributed by atoms with Gasteiger partial charge in [0.05, 0.1) is 58.0 Å². The highest BCUT2D eigenvalue weighted by atomic mass is 16.6. The number of cyclic esters (lactones) is 2. The number of rotatable bonds is 19. The van der Waals surface area contributed by atoms with Crippen LogP contribution in [0.3, 0.4) is 0 Å². The molecule has 20 nitrogen and oxygen atoms in total. The van der Waals surface area contributed by atoms with E-state index in [-0.39, 0.29) is 97.4 Å². The van der Waals surface area contributed by atoms with Crippen molar-refractivity contribution >= 4 is 57.7 Å². The van der Waals surface area contributed by atoms with Gasteiger partial charge in [-0.25, -0.2) is 29.1 Å². The zero-order chi connectivity index (χ0) is 53.1. The van der Waals surface area contributed by atoms with Crippen molar-refractivity contribution in [3.05, 3.63) is 127 Å². The van der Waals surface area contributed by atoms with Crippen LogP contribution in [0.1, 0.15) is 111 Å². The van der Waals surface area contributed by atoms with E-state index in [1.54, 1.807) is 35.1 Å². The fourth-order valence-electron chi connectivity index (χ4n) is 10.7. The average Bonchev–Trinajstić information content (AvgIpc) is 4.02. The third-order valence-corrected chi connectivity index (χ3v) is 14.8. The first-order valence-corrected chi connectivity index (χ1v) is 26.0. The number of nitrogens with one attached hydrogen (secondary N) is 4. The second kappa shape index (κ2) is 21.4.